The first-order valence-corrected chi connectivity index (χ1v) is 7.14. The fourth-order valence-corrected chi connectivity index (χ4v) is 3.84. The molecule has 0 N–H and O–H groups in total. The van der Waals surface area contributed by atoms with Crippen LogP contribution in [0.3, 0.4) is 0 Å². The summed E-state index contributed by atoms with van der Waals surface area (Å²) in [6.45, 7) is 0. The van der Waals surface area contributed by atoms with Gasteiger partial charge in [-0.25, -0.2) is 8.42 Å². The van der Waals surface area contributed by atoms with Crippen molar-refractivity contribution in [3.63, 3.8) is 0 Å². The van der Waals surface area contributed by atoms with E-state index in [0.29, 0.717) is 11.5 Å². The zero-order valence-corrected chi connectivity index (χ0v) is 10.0. The Hall–Kier alpha value is -0.350. The Balaban J connectivity index is 2.22. The Morgan fingerprint density at radius 2 is 1.86 bits per heavy atom. The predicted molar refractivity (Wildman–Crippen MR) is 60.2 cm³/mol. The van der Waals surface area contributed by atoms with Gasteiger partial charge in [-0.3, -0.25) is 0 Å². The molecule has 76 valence electrons. The van der Waals surface area contributed by atoms with E-state index in [2.05, 4.69) is 15.9 Å². The minimum Gasteiger partial charge on any atom is -0.229 e. The highest BCUT2D eigenvalue weighted by Crippen LogP contribution is 2.29. The van der Waals surface area contributed by atoms with E-state index in [1.54, 1.807) is 0 Å². The van der Waals surface area contributed by atoms with Crippen LogP contribution in [0.5, 0.6) is 0 Å². The molecule has 0 aliphatic carbocycles. The monoisotopic (exact) mass is 274 g/mol. The molecule has 1 fully saturated rings. The second-order valence-corrected chi connectivity index (χ2v) is 6.80. The average Bonchev–Trinajstić information content (AvgIpc) is 2.47. The molecule has 4 heteroatoms. The van der Waals surface area contributed by atoms with E-state index in [4.69, 9.17) is 0 Å². The lowest BCUT2D eigenvalue weighted by molar-refractivity contribution is 0.601. The first kappa shape index (κ1) is 10.2. The molecule has 1 aromatic rings. The molecule has 0 bridgehead atoms. The molecule has 1 aromatic carbocycles. The van der Waals surface area contributed by atoms with Crippen LogP contribution in [0.4, 0.5) is 0 Å². The van der Waals surface area contributed by atoms with Crippen molar-refractivity contribution >= 4 is 25.8 Å². The molecule has 0 spiro atoms. The number of hydrogen-bond donors (Lipinski definition) is 0. The highest BCUT2D eigenvalue weighted by molar-refractivity contribution is 9.10. The molecular weight excluding hydrogens is 264 g/mol. The highest BCUT2D eigenvalue weighted by atomic mass is 79.9. The number of benzene rings is 1. The van der Waals surface area contributed by atoms with Gasteiger partial charge in [-0.05, 0) is 30.0 Å². The lowest BCUT2D eigenvalue weighted by Gasteiger charge is -2.07. The number of rotatable bonds is 1. The zero-order valence-electron chi connectivity index (χ0n) is 7.61. The van der Waals surface area contributed by atoms with E-state index in [1.165, 1.54) is 0 Å². The van der Waals surface area contributed by atoms with Crippen molar-refractivity contribution in [2.24, 2.45) is 0 Å². The van der Waals surface area contributed by atoms with Crippen molar-refractivity contribution in [2.75, 3.05) is 11.5 Å². The van der Waals surface area contributed by atoms with Gasteiger partial charge in [0.2, 0.25) is 0 Å². The van der Waals surface area contributed by atoms with Crippen LogP contribution in [0.15, 0.2) is 28.7 Å². The maximum Gasteiger partial charge on any atom is 0.150 e. The van der Waals surface area contributed by atoms with Crippen LogP contribution in [0.25, 0.3) is 0 Å². The summed E-state index contributed by atoms with van der Waals surface area (Å²) in [7, 11) is -2.77. The summed E-state index contributed by atoms with van der Waals surface area (Å²) in [5, 5.41) is 0. The van der Waals surface area contributed by atoms with Crippen LogP contribution < -0.4 is 0 Å². The van der Waals surface area contributed by atoms with Gasteiger partial charge in [0.05, 0.1) is 11.5 Å². The third kappa shape index (κ3) is 2.17. The summed E-state index contributed by atoms with van der Waals surface area (Å²) in [6, 6.07) is 7.91. The Bertz CT molecular complexity index is 422. The summed E-state index contributed by atoms with van der Waals surface area (Å²) in [5.74, 6) is 0.857. The topological polar surface area (TPSA) is 34.1 Å². The highest BCUT2D eigenvalue weighted by Gasteiger charge is 2.28. The standard InChI is InChI=1S/C10H11BrO2S/c11-10-3-1-8(2-4-10)9-5-6-14(12,13)7-9/h1-4,9H,5-7H2/t9-/m0/s1. The fourth-order valence-electron chi connectivity index (χ4n) is 1.79. The average molecular weight is 275 g/mol. The van der Waals surface area contributed by atoms with Gasteiger partial charge in [0.1, 0.15) is 0 Å². The third-order valence-electron chi connectivity index (χ3n) is 2.57. The summed E-state index contributed by atoms with van der Waals surface area (Å²) in [5.41, 5.74) is 1.13. The van der Waals surface area contributed by atoms with Crippen LogP contribution in [-0.4, -0.2) is 19.9 Å². The van der Waals surface area contributed by atoms with Crippen molar-refractivity contribution in [3.8, 4) is 0 Å². The second-order valence-electron chi connectivity index (χ2n) is 3.65. The number of halogens is 1. The van der Waals surface area contributed by atoms with Gasteiger partial charge in [0, 0.05) is 4.47 Å². The minimum atomic E-state index is -2.77. The lowest BCUT2D eigenvalue weighted by Crippen LogP contribution is -2.03. The van der Waals surface area contributed by atoms with E-state index in [9.17, 15) is 8.42 Å². The maximum absolute atomic E-state index is 11.3. The third-order valence-corrected chi connectivity index (χ3v) is 4.87. The van der Waals surface area contributed by atoms with Crippen molar-refractivity contribution in [2.45, 2.75) is 12.3 Å². The molecule has 1 saturated heterocycles. The summed E-state index contributed by atoms with van der Waals surface area (Å²) >= 11 is 3.36. The van der Waals surface area contributed by atoms with Crippen molar-refractivity contribution in [3.05, 3.63) is 34.3 Å². The molecule has 1 heterocycles. The molecule has 2 nitrogen and oxygen atoms in total. The smallest absolute Gasteiger partial charge is 0.150 e. The molecule has 1 atom stereocenters. The number of sulfone groups is 1. The molecule has 0 unspecified atom stereocenters. The Morgan fingerprint density at radius 3 is 2.36 bits per heavy atom. The molecule has 0 saturated carbocycles. The Morgan fingerprint density at radius 1 is 1.21 bits per heavy atom. The molecule has 0 radical (unpaired) electrons. The first-order valence-electron chi connectivity index (χ1n) is 4.53. The van der Waals surface area contributed by atoms with Crippen LogP contribution in [-0.2, 0) is 9.84 Å². The van der Waals surface area contributed by atoms with E-state index in [0.717, 1.165) is 16.5 Å². The van der Waals surface area contributed by atoms with Gasteiger partial charge in [-0.1, -0.05) is 28.1 Å². The van der Waals surface area contributed by atoms with Crippen LogP contribution >= 0.6 is 15.9 Å². The zero-order chi connectivity index (χ0) is 10.2. The van der Waals surface area contributed by atoms with Crippen molar-refractivity contribution in [1.82, 2.24) is 0 Å². The Kier molecular flexibility index (Phi) is 2.66. The van der Waals surface area contributed by atoms with E-state index >= 15 is 0 Å². The Labute approximate surface area is 92.4 Å². The lowest BCUT2D eigenvalue weighted by atomic mass is 9.99. The molecule has 0 amide bonds. The summed E-state index contributed by atoms with van der Waals surface area (Å²) in [4.78, 5) is 0. The quantitative estimate of drug-likeness (QED) is 0.788. The normalized spacial score (nSPS) is 25.1. The van der Waals surface area contributed by atoms with Crippen LogP contribution in [0.1, 0.15) is 17.9 Å². The van der Waals surface area contributed by atoms with Crippen molar-refractivity contribution < 1.29 is 8.42 Å². The second kappa shape index (κ2) is 3.66. The van der Waals surface area contributed by atoms with Gasteiger partial charge in [-0.2, -0.15) is 0 Å². The first-order chi connectivity index (χ1) is 6.57. The summed E-state index contributed by atoms with van der Waals surface area (Å²) in [6.07, 6.45) is 0.768. The van der Waals surface area contributed by atoms with E-state index < -0.39 is 9.84 Å². The molecule has 2 rings (SSSR count). The van der Waals surface area contributed by atoms with Gasteiger partial charge < -0.3 is 0 Å². The van der Waals surface area contributed by atoms with Gasteiger partial charge in [0.15, 0.2) is 9.84 Å². The molecule has 1 aliphatic rings. The van der Waals surface area contributed by atoms with E-state index in [1.807, 2.05) is 24.3 Å². The van der Waals surface area contributed by atoms with Crippen molar-refractivity contribution in [1.29, 1.82) is 0 Å². The summed E-state index contributed by atoms with van der Waals surface area (Å²) < 4.78 is 23.6. The van der Waals surface area contributed by atoms with Gasteiger partial charge in [0.25, 0.3) is 0 Å². The largest absolute Gasteiger partial charge is 0.229 e. The van der Waals surface area contributed by atoms with E-state index in [-0.39, 0.29) is 5.92 Å². The maximum atomic E-state index is 11.3. The predicted octanol–water partition coefficient (Wildman–Crippen LogP) is 2.35. The molecule has 14 heavy (non-hydrogen) atoms. The van der Waals surface area contributed by atoms with Gasteiger partial charge >= 0.3 is 0 Å². The molecule has 0 aromatic heterocycles. The van der Waals surface area contributed by atoms with Gasteiger partial charge in [-0.15, -0.1) is 0 Å². The molecular formula is C10H11BrO2S. The van der Waals surface area contributed by atoms with Crippen LogP contribution in [0, 0.1) is 0 Å². The molecule has 1 aliphatic heterocycles. The minimum absolute atomic E-state index is 0.202. The fraction of sp³-hybridized carbons (Fsp3) is 0.400. The number of hydrogen-bond acceptors (Lipinski definition) is 2. The van der Waals surface area contributed by atoms with Crippen LogP contribution in [0.2, 0.25) is 0 Å². The SMILES string of the molecule is O=S1(=O)CC[C@H](c2ccc(Br)cc2)C1.